The van der Waals surface area contributed by atoms with Gasteiger partial charge in [0.25, 0.3) is 0 Å². The van der Waals surface area contributed by atoms with E-state index in [4.69, 9.17) is 0 Å². The molecule has 2 saturated carbocycles. The van der Waals surface area contributed by atoms with Crippen LogP contribution in [0, 0.1) is 11.3 Å². The van der Waals surface area contributed by atoms with Crippen LogP contribution in [0.1, 0.15) is 58.3 Å². The van der Waals surface area contributed by atoms with Crippen LogP contribution in [-0.4, -0.2) is 5.78 Å². The summed E-state index contributed by atoms with van der Waals surface area (Å²) >= 11 is 0. The first-order valence-electron chi connectivity index (χ1n) is 5.83. The predicted octanol–water partition coefficient (Wildman–Crippen LogP) is 3.33. The molecule has 2 atom stereocenters. The smallest absolute Gasteiger partial charge is 0.139 e. The second-order valence-electron chi connectivity index (χ2n) is 4.81. The first kappa shape index (κ1) is 9.23. The van der Waals surface area contributed by atoms with Gasteiger partial charge >= 0.3 is 0 Å². The highest BCUT2D eigenvalue weighted by Crippen LogP contribution is 2.52. The predicted molar refractivity (Wildman–Crippen MR) is 53.5 cm³/mol. The van der Waals surface area contributed by atoms with Crippen molar-refractivity contribution < 1.29 is 4.79 Å². The van der Waals surface area contributed by atoms with E-state index < -0.39 is 0 Å². The van der Waals surface area contributed by atoms with E-state index in [1.165, 1.54) is 38.5 Å². The molecule has 1 heteroatoms. The molecule has 13 heavy (non-hydrogen) atoms. The maximum Gasteiger partial charge on any atom is 0.139 e. The molecule has 0 saturated heterocycles. The Bertz CT molecular complexity index is 205. The Balaban J connectivity index is 2.20. The van der Waals surface area contributed by atoms with Crippen molar-refractivity contribution in [3.8, 4) is 0 Å². The molecule has 0 aromatic rings. The van der Waals surface area contributed by atoms with E-state index in [1.54, 1.807) is 0 Å². The van der Waals surface area contributed by atoms with Crippen LogP contribution in [0.15, 0.2) is 0 Å². The van der Waals surface area contributed by atoms with Gasteiger partial charge in [-0.05, 0) is 31.6 Å². The topological polar surface area (TPSA) is 17.1 Å². The van der Waals surface area contributed by atoms with Crippen molar-refractivity contribution in [2.75, 3.05) is 0 Å². The van der Waals surface area contributed by atoms with E-state index in [2.05, 4.69) is 6.92 Å². The average Bonchev–Trinajstić information content (AvgIpc) is 2.46. The van der Waals surface area contributed by atoms with E-state index in [1.807, 2.05) is 0 Å². The molecule has 0 N–H and O–H groups in total. The minimum absolute atomic E-state index is 0.160. The van der Waals surface area contributed by atoms with Gasteiger partial charge in [0, 0.05) is 11.8 Å². The third-order valence-electron chi connectivity index (χ3n) is 4.18. The van der Waals surface area contributed by atoms with Crippen molar-refractivity contribution in [3.05, 3.63) is 0 Å². The Labute approximate surface area is 80.9 Å². The summed E-state index contributed by atoms with van der Waals surface area (Å²) in [5.41, 5.74) is 0.160. The molecule has 0 spiro atoms. The first-order chi connectivity index (χ1) is 6.29. The zero-order chi connectivity index (χ0) is 9.31. The molecule has 0 aromatic carbocycles. The summed E-state index contributed by atoms with van der Waals surface area (Å²) in [5, 5.41) is 0. The molecule has 0 amide bonds. The van der Waals surface area contributed by atoms with Crippen molar-refractivity contribution >= 4 is 5.78 Å². The summed E-state index contributed by atoms with van der Waals surface area (Å²) in [6.07, 6.45) is 9.60. The number of hydrogen-bond donors (Lipinski definition) is 0. The van der Waals surface area contributed by atoms with Crippen molar-refractivity contribution in [1.29, 1.82) is 0 Å². The van der Waals surface area contributed by atoms with Gasteiger partial charge in [0.2, 0.25) is 0 Å². The van der Waals surface area contributed by atoms with Crippen LogP contribution in [0.5, 0.6) is 0 Å². The molecule has 2 aliphatic carbocycles. The largest absolute Gasteiger partial charge is 0.299 e. The average molecular weight is 180 g/mol. The van der Waals surface area contributed by atoms with Gasteiger partial charge in [-0.1, -0.05) is 26.2 Å². The Morgan fingerprint density at radius 2 is 2.23 bits per heavy atom. The van der Waals surface area contributed by atoms with E-state index in [-0.39, 0.29) is 5.41 Å². The lowest BCUT2D eigenvalue weighted by Gasteiger charge is -2.38. The maximum atomic E-state index is 11.9. The molecule has 2 unspecified atom stereocenters. The van der Waals surface area contributed by atoms with E-state index in [0.29, 0.717) is 5.78 Å². The zero-order valence-corrected chi connectivity index (χ0v) is 8.64. The van der Waals surface area contributed by atoms with Gasteiger partial charge in [0.15, 0.2) is 0 Å². The minimum atomic E-state index is 0.160. The molecule has 0 radical (unpaired) electrons. The van der Waals surface area contributed by atoms with E-state index in [0.717, 1.165) is 18.8 Å². The highest BCUT2D eigenvalue weighted by atomic mass is 16.1. The molecule has 2 fully saturated rings. The van der Waals surface area contributed by atoms with Crippen molar-refractivity contribution in [3.63, 3.8) is 0 Å². The fourth-order valence-electron chi connectivity index (χ4n) is 3.57. The molecular weight excluding hydrogens is 160 g/mol. The Kier molecular flexibility index (Phi) is 2.44. The molecule has 0 aliphatic heterocycles. The van der Waals surface area contributed by atoms with E-state index in [9.17, 15) is 4.79 Å². The third-order valence-corrected chi connectivity index (χ3v) is 4.18. The maximum absolute atomic E-state index is 11.9. The quantitative estimate of drug-likeness (QED) is 0.637. The lowest BCUT2D eigenvalue weighted by Crippen LogP contribution is -2.35. The summed E-state index contributed by atoms with van der Waals surface area (Å²) in [6.45, 7) is 2.21. The van der Waals surface area contributed by atoms with Gasteiger partial charge in [-0.2, -0.15) is 0 Å². The minimum Gasteiger partial charge on any atom is -0.299 e. The number of carbonyl (C=O) groups excluding carboxylic acids is 1. The molecule has 0 bridgehead atoms. The summed E-state index contributed by atoms with van der Waals surface area (Å²) in [6, 6.07) is 0. The summed E-state index contributed by atoms with van der Waals surface area (Å²) in [5.74, 6) is 1.35. The van der Waals surface area contributed by atoms with Crippen molar-refractivity contribution in [1.82, 2.24) is 0 Å². The lowest BCUT2D eigenvalue weighted by atomic mass is 9.65. The number of fused-ring (bicyclic) bond motifs is 1. The monoisotopic (exact) mass is 180 g/mol. The third kappa shape index (κ3) is 1.33. The fraction of sp³-hybridized carbons (Fsp3) is 0.917. The Morgan fingerprint density at radius 3 is 3.00 bits per heavy atom. The van der Waals surface area contributed by atoms with Gasteiger partial charge < -0.3 is 0 Å². The van der Waals surface area contributed by atoms with Crippen LogP contribution < -0.4 is 0 Å². The van der Waals surface area contributed by atoms with Crippen LogP contribution in [0.4, 0.5) is 0 Å². The standard InChI is InChI=1S/C12H20O/c1-2-8-12-9-4-3-5-10(12)6-7-11(12)13/h10H,2-9H2,1H3. The van der Waals surface area contributed by atoms with Gasteiger partial charge in [-0.3, -0.25) is 4.79 Å². The molecule has 0 aromatic heterocycles. The fourth-order valence-corrected chi connectivity index (χ4v) is 3.57. The first-order valence-corrected chi connectivity index (χ1v) is 5.83. The summed E-state index contributed by atoms with van der Waals surface area (Å²) < 4.78 is 0. The number of rotatable bonds is 2. The molecule has 0 heterocycles. The van der Waals surface area contributed by atoms with Crippen LogP contribution in [0.25, 0.3) is 0 Å². The number of hydrogen-bond acceptors (Lipinski definition) is 1. The Hall–Kier alpha value is -0.330. The second kappa shape index (κ2) is 3.43. The molecule has 74 valence electrons. The molecule has 1 nitrogen and oxygen atoms in total. The molecule has 2 rings (SSSR count). The normalized spacial score (nSPS) is 39.2. The van der Waals surface area contributed by atoms with Crippen molar-refractivity contribution in [2.45, 2.75) is 58.3 Å². The zero-order valence-electron chi connectivity index (χ0n) is 8.64. The van der Waals surface area contributed by atoms with Crippen molar-refractivity contribution in [2.24, 2.45) is 11.3 Å². The van der Waals surface area contributed by atoms with Crippen LogP contribution >= 0.6 is 0 Å². The van der Waals surface area contributed by atoms with Crippen LogP contribution in [0.2, 0.25) is 0 Å². The molecule has 2 aliphatic rings. The van der Waals surface area contributed by atoms with Crippen LogP contribution in [0.3, 0.4) is 0 Å². The highest BCUT2D eigenvalue weighted by Gasteiger charge is 2.49. The number of ketones is 1. The van der Waals surface area contributed by atoms with Crippen LogP contribution in [-0.2, 0) is 4.79 Å². The summed E-state index contributed by atoms with van der Waals surface area (Å²) in [4.78, 5) is 11.9. The van der Waals surface area contributed by atoms with Gasteiger partial charge in [-0.25, -0.2) is 0 Å². The van der Waals surface area contributed by atoms with Gasteiger partial charge in [0.1, 0.15) is 5.78 Å². The SMILES string of the molecule is CCCC12CCCCC1CCC2=O. The van der Waals surface area contributed by atoms with E-state index >= 15 is 0 Å². The molecular formula is C12H20O. The lowest BCUT2D eigenvalue weighted by molar-refractivity contribution is -0.129. The number of carbonyl (C=O) groups is 1. The summed E-state index contributed by atoms with van der Waals surface area (Å²) in [7, 11) is 0. The second-order valence-corrected chi connectivity index (χ2v) is 4.81. The van der Waals surface area contributed by atoms with Gasteiger partial charge in [0.05, 0.1) is 0 Å². The van der Waals surface area contributed by atoms with Gasteiger partial charge in [-0.15, -0.1) is 0 Å². The Morgan fingerprint density at radius 1 is 1.38 bits per heavy atom. The highest BCUT2D eigenvalue weighted by molar-refractivity contribution is 5.87. The number of Topliss-reactive ketones (excluding diaryl/α,β-unsaturated/α-hetero) is 1.